The Bertz CT molecular complexity index is 699. The lowest BCUT2D eigenvalue weighted by molar-refractivity contribution is -0.149. The number of carbonyl (C=O) groups is 4. The van der Waals surface area contributed by atoms with E-state index in [-0.39, 0.29) is 0 Å². The number of nitrogens with one attached hydrogen (secondary N) is 1. The standard InChI is InChI=1S/C16H17ClN2O5/c1-9(13(21)10-4-6-11(17)7-5-10)24-12(20)8-19-14(22)16(2,3)18-15(19)23/h4-7,9H,8H2,1-3H3,(H,18,23)/t9-/m0/s1. The summed E-state index contributed by atoms with van der Waals surface area (Å²) in [5, 5.41) is 2.94. The Balaban J connectivity index is 1.97. The Morgan fingerprint density at radius 3 is 2.33 bits per heavy atom. The van der Waals surface area contributed by atoms with E-state index < -0.39 is 41.9 Å². The molecule has 1 aliphatic rings. The third kappa shape index (κ3) is 3.73. The summed E-state index contributed by atoms with van der Waals surface area (Å²) in [6, 6.07) is 5.49. The molecular weight excluding hydrogens is 336 g/mol. The monoisotopic (exact) mass is 352 g/mol. The van der Waals surface area contributed by atoms with Crippen LogP contribution in [0, 0.1) is 0 Å². The lowest BCUT2D eigenvalue weighted by Crippen LogP contribution is -2.41. The number of rotatable bonds is 5. The van der Waals surface area contributed by atoms with E-state index in [1.54, 1.807) is 12.1 Å². The number of Topliss-reactive ketones (excluding diaryl/α,β-unsaturated/α-hetero) is 1. The van der Waals surface area contributed by atoms with Crippen LogP contribution >= 0.6 is 11.6 Å². The van der Waals surface area contributed by atoms with Crippen molar-refractivity contribution in [2.45, 2.75) is 32.4 Å². The largest absolute Gasteiger partial charge is 0.453 e. The quantitative estimate of drug-likeness (QED) is 0.495. The van der Waals surface area contributed by atoms with E-state index in [4.69, 9.17) is 16.3 Å². The third-order valence-electron chi connectivity index (χ3n) is 3.54. The van der Waals surface area contributed by atoms with Gasteiger partial charge in [-0.3, -0.25) is 19.3 Å². The van der Waals surface area contributed by atoms with Gasteiger partial charge < -0.3 is 10.1 Å². The summed E-state index contributed by atoms with van der Waals surface area (Å²) >= 11 is 5.75. The number of hydrogen-bond donors (Lipinski definition) is 1. The summed E-state index contributed by atoms with van der Waals surface area (Å²) < 4.78 is 5.03. The first-order chi connectivity index (χ1) is 11.1. The van der Waals surface area contributed by atoms with Crippen molar-refractivity contribution in [1.82, 2.24) is 10.2 Å². The zero-order valence-electron chi connectivity index (χ0n) is 13.5. The van der Waals surface area contributed by atoms with Crippen LogP contribution in [0.4, 0.5) is 4.79 Å². The minimum atomic E-state index is -1.07. The first kappa shape index (κ1) is 17.9. The third-order valence-corrected chi connectivity index (χ3v) is 3.79. The highest BCUT2D eigenvalue weighted by atomic mass is 35.5. The van der Waals surface area contributed by atoms with Gasteiger partial charge in [0.25, 0.3) is 5.91 Å². The molecule has 0 spiro atoms. The van der Waals surface area contributed by atoms with E-state index in [1.807, 2.05) is 0 Å². The molecule has 1 atom stereocenters. The minimum Gasteiger partial charge on any atom is -0.453 e. The summed E-state index contributed by atoms with van der Waals surface area (Å²) in [4.78, 5) is 48.6. The minimum absolute atomic E-state index is 0.343. The second kappa shape index (κ2) is 6.60. The summed E-state index contributed by atoms with van der Waals surface area (Å²) in [5.41, 5.74) is -0.724. The van der Waals surface area contributed by atoms with Gasteiger partial charge in [-0.2, -0.15) is 0 Å². The molecule has 0 aliphatic carbocycles. The van der Waals surface area contributed by atoms with E-state index in [0.717, 1.165) is 4.90 Å². The van der Waals surface area contributed by atoms with E-state index in [9.17, 15) is 19.2 Å². The van der Waals surface area contributed by atoms with Gasteiger partial charge in [-0.1, -0.05) is 11.6 Å². The lowest BCUT2D eigenvalue weighted by Gasteiger charge is -2.17. The van der Waals surface area contributed by atoms with Crippen molar-refractivity contribution in [1.29, 1.82) is 0 Å². The second-order valence-corrected chi connectivity index (χ2v) is 6.39. The van der Waals surface area contributed by atoms with E-state index >= 15 is 0 Å². The van der Waals surface area contributed by atoms with Gasteiger partial charge in [0.2, 0.25) is 5.78 Å². The first-order valence-electron chi connectivity index (χ1n) is 7.25. The molecule has 2 rings (SSSR count). The molecule has 24 heavy (non-hydrogen) atoms. The summed E-state index contributed by atoms with van der Waals surface area (Å²) in [7, 11) is 0. The number of carbonyl (C=O) groups excluding carboxylic acids is 4. The summed E-state index contributed by atoms with van der Waals surface area (Å²) in [6.45, 7) is 3.94. The predicted octanol–water partition coefficient (Wildman–Crippen LogP) is 1.78. The maximum absolute atomic E-state index is 12.2. The number of urea groups is 1. The van der Waals surface area contributed by atoms with Crippen LogP contribution in [0.2, 0.25) is 5.02 Å². The molecule has 7 nitrogen and oxygen atoms in total. The Labute approximate surface area is 143 Å². The summed E-state index contributed by atoms with van der Waals surface area (Å²) in [5.74, 6) is -1.77. The number of imide groups is 1. The lowest BCUT2D eigenvalue weighted by atomic mass is 10.1. The first-order valence-corrected chi connectivity index (χ1v) is 7.63. The van der Waals surface area contributed by atoms with Crippen LogP contribution < -0.4 is 5.32 Å². The van der Waals surface area contributed by atoms with Crippen molar-refractivity contribution in [2.75, 3.05) is 6.54 Å². The topological polar surface area (TPSA) is 92.8 Å². The molecule has 0 saturated carbocycles. The molecular formula is C16H17ClN2O5. The molecule has 1 aromatic carbocycles. The van der Waals surface area contributed by atoms with Crippen LogP contribution in [0.15, 0.2) is 24.3 Å². The molecule has 1 aliphatic heterocycles. The number of amides is 3. The number of ether oxygens (including phenoxy) is 1. The van der Waals surface area contributed by atoms with Gasteiger partial charge in [-0.05, 0) is 45.0 Å². The molecule has 3 amide bonds. The van der Waals surface area contributed by atoms with Crippen molar-refractivity contribution in [2.24, 2.45) is 0 Å². The average molecular weight is 353 g/mol. The molecule has 1 N–H and O–H groups in total. The van der Waals surface area contributed by atoms with Crippen molar-refractivity contribution in [3.8, 4) is 0 Å². The number of nitrogens with zero attached hydrogens (tertiary/aromatic N) is 1. The van der Waals surface area contributed by atoms with Crippen LogP contribution in [0.1, 0.15) is 31.1 Å². The Hall–Kier alpha value is -2.41. The number of ketones is 1. The van der Waals surface area contributed by atoms with E-state index in [2.05, 4.69) is 5.32 Å². The molecule has 0 bridgehead atoms. The van der Waals surface area contributed by atoms with Crippen molar-refractivity contribution < 1.29 is 23.9 Å². The number of hydrogen-bond acceptors (Lipinski definition) is 5. The van der Waals surface area contributed by atoms with Crippen LogP contribution in [-0.2, 0) is 14.3 Å². The Morgan fingerprint density at radius 1 is 1.25 bits per heavy atom. The second-order valence-electron chi connectivity index (χ2n) is 5.95. The smallest absolute Gasteiger partial charge is 0.326 e. The van der Waals surface area contributed by atoms with Gasteiger partial charge >= 0.3 is 12.0 Å². The summed E-state index contributed by atoms with van der Waals surface area (Å²) in [6.07, 6.45) is -1.05. The van der Waals surface area contributed by atoms with E-state index in [1.165, 1.54) is 32.9 Å². The van der Waals surface area contributed by atoms with Crippen LogP contribution in [0.3, 0.4) is 0 Å². The van der Waals surface area contributed by atoms with Gasteiger partial charge in [0.1, 0.15) is 12.1 Å². The fourth-order valence-electron chi connectivity index (χ4n) is 2.23. The molecule has 8 heteroatoms. The fourth-order valence-corrected chi connectivity index (χ4v) is 2.35. The zero-order valence-corrected chi connectivity index (χ0v) is 14.2. The number of halogens is 1. The molecule has 1 heterocycles. The molecule has 1 aromatic rings. The van der Waals surface area contributed by atoms with Crippen LogP contribution in [-0.4, -0.2) is 46.8 Å². The van der Waals surface area contributed by atoms with Gasteiger partial charge in [0, 0.05) is 10.6 Å². The van der Waals surface area contributed by atoms with Crippen LogP contribution in [0.25, 0.3) is 0 Å². The highest BCUT2D eigenvalue weighted by molar-refractivity contribution is 6.30. The maximum Gasteiger partial charge on any atom is 0.326 e. The molecule has 0 aromatic heterocycles. The highest BCUT2D eigenvalue weighted by Crippen LogP contribution is 2.17. The van der Waals surface area contributed by atoms with Crippen molar-refractivity contribution in [3.63, 3.8) is 0 Å². The van der Waals surface area contributed by atoms with Crippen molar-refractivity contribution in [3.05, 3.63) is 34.9 Å². The van der Waals surface area contributed by atoms with Gasteiger partial charge in [0.05, 0.1) is 0 Å². The normalized spacial score (nSPS) is 17.4. The van der Waals surface area contributed by atoms with E-state index in [0.29, 0.717) is 10.6 Å². The van der Waals surface area contributed by atoms with Crippen molar-refractivity contribution >= 4 is 35.3 Å². The van der Waals surface area contributed by atoms with Gasteiger partial charge in [-0.25, -0.2) is 4.79 Å². The zero-order chi connectivity index (χ0) is 18.1. The molecule has 0 radical (unpaired) electrons. The number of benzene rings is 1. The highest BCUT2D eigenvalue weighted by Gasteiger charge is 2.45. The SMILES string of the molecule is C[C@H](OC(=O)CN1C(=O)NC(C)(C)C1=O)C(=O)c1ccc(Cl)cc1. The van der Waals surface area contributed by atoms with Crippen LogP contribution in [0.5, 0.6) is 0 Å². The van der Waals surface area contributed by atoms with Gasteiger partial charge in [0.15, 0.2) is 6.10 Å². The predicted molar refractivity (Wildman–Crippen MR) is 85.7 cm³/mol. The molecule has 0 unspecified atom stereocenters. The Kier molecular flexibility index (Phi) is 4.94. The molecule has 1 fully saturated rings. The molecule has 1 saturated heterocycles. The number of esters is 1. The average Bonchev–Trinajstić information content (AvgIpc) is 2.69. The maximum atomic E-state index is 12.2. The fraction of sp³-hybridized carbons (Fsp3) is 0.375. The molecule has 128 valence electrons. The Morgan fingerprint density at radius 2 is 1.83 bits per heavy atom. The van der Waals surface area contributed by atoms with Gasteiger partial charge in [-0.15, -0.1) is 0 Å².